The van der Waals surface area contributed by atoms with E-state index in [9.17, 15) is 13.2 Å². The van der Waals surface area contributed by atoms with Gasteiger partial charge in [-0.05, 0) is 58.6 Å². The highest BCUT2D eigenvalue weighted by molar-refractivity contribution is 9.10. The van der Waals surface area contributed by atoms with Crippen LogP contribution in [0.2, 0.25) is 0 Å². The summed E-state index contributed by atoms with van der Waals surface area (Å²) in [4.78, 5) is 14.3. The van der Waals surface area contributed by atoms with Crippen LogP contribution in [0.1, 0.15) is 16.7 Å². The Balaban J connectivity index is 2.14. The summed E-state index contributed by atoms with van der Waals surface area (Å²) in [6.07, 6.45) is 2.59. The van der Waals surface area contributed by atoms with E-state index in [2.05, 4.69) is 26.5 Å². The third-order valence-electron chi connectivity index (χ3n) is 4.23. The number of hydrogen-bond donors (Lipinski definition) is 1. The predicted molar refractivity (Wildman–Crippen MR) is 122 cm³/mol. The molecule has 2 rings (SSSR count). The molecule has 9 heteroatoms. The number of aryl methyl sites for hydroxylation is 2. The van der Waals surface area contributed by atoms with Crippen molar-refractivity contribution in [3.8, 4) is 0 Å². The molecule has 0 heterocycles. The van der Waals surface area contributed by atoms with E-state index in [1.807, 2.05) is 69.2 Å². The molecule has 1 amide bonds. The second-order valence-corrected chi connectivity index (χ2v) is 9.67. The van der Waals surface area contributed by atoms with E-state index in [0.29, 0.717) is 5.69 Å². The normalized spacial score (nSPS) is 11.5. The minimum Gasteiger partial charge on any atom is -0.377 e. The van der Waals surface area contributed by atoms with Crippen LogP contribution in [0.15, 0.2) is 46.0 Å². The van der Waals surface area contributed by atoms with Gasteiger partial charge in [-0.25, -0.2) is 13.8 Å². The SMILES string of the molecule is Cc1cccc(C)c1N(CC(=O)N/N=C\c1ccc(N(C)C)c(Br)c1)S(C)(=O)=O. The predicted octanol–water partition coefficient (Wildman–Crippen LogP) is 3.05. The highest BCUT2D eigenvalue weighted by Gasteiger charge is 2.23. The van der Waals surface area contributed by atoms with Gasteiger partial charge in [-0.2, -0.15) is 5.10 Å². The van der Waals surface area contributed by atoms with Gasteiger partial charge < -0.3 is 4.90 Å². The smallest absolute Gasteiger partial charge is 0.260 e. The first-order valence-corrected chi connectivity index (χ1v) is 11.5. The molecular weight excluding hydrogens is 456 g/mol. The van der Waals surface area contributed by atoms with Crippen molar-refractivity contribution in [1.82, 2.24) is 5.43 Å². The quantitative estimate of drug-likeness (QED) is 0.487. The fraction of sp³-hybridized carbons (Fsp3) is 0.300. The molecule has 0 radical (unpaired) electrons. The molecule has 1 N–H and O–H groups in total. The average molecular weight is 481 g/mol. The lowest BCUT2D eigenvalue weighted by atomic mass is 10.1. The molecule has 0 aliphatic rings. The number of rotatable bonds is 7. The molecule has 0 aromatic heterocycles. The van der Waals surface area contributed by atoms with Crippen LogP contribution in [-0.2, 0) is 14.8 Å². The molecule has 2 aromatic rings. The summed E-state index contributed by atoms with van der Waals surface area (Å²) in [6, 6.07) is 11.1. The molecule has 7 nitrogen and oxygen atoms in total. The number of nitrogens with zero attached hydrogens (tertiary/aromatic N) is 3. The van der Waals surface area contributed by atoms with Crippen molar-refractivity contribution in [1.29, 1.82) is 0 Å². The van der Waals surface area contributed by atoms with Gasteiger partial charge in [-0.1, -0.05) is 24.3 Å². The number of sulfonamides is 1. The summed E-state index contributed by atoms with van der Waals surface area (Å²) >= 11 is 3.50. The molecule has 2 aromatic carbocycles. The summed E-state index contributed by atoms with van der Waals surface area (Å²) in [5, 5.41) is 3.95. The van der Waals surface area contributed by atoms with Crippen molar-refractivity contribution < 1.29 is 13.2 Å². The van der Waals surface area contributed by atoms with E-state index >= 15 is 0 Å². The number of carbonyl (C=O) groups is 1. The molecule has 156 valence electrons. The minimum atomic E-state index is -3.64. The third-order valence-corrected chi connectivity index (χ3v) is 5.98. The zero-order valence-electron chi connectivity index (χ0n) is 17.1. The minimum absolute atomic E-state index is 0.356. The summed E-state index contributed by atoms with van der Waals surface area (Å²) in [7, 11) is 0.240. The van der Waals surface area contributed by atoms with Crippen LogP contribution < -0.4 is 14.6 Å². The zero-order chi connectivity index (χ0) is 21.8. The third kappa shape index (κ3) is 6.04. The summed E-state index contributed by atoms with van der Waals surface area (Å²) in [5.74, 6) is -0.529. The van der Waals surface area contributed by atoms with E-state index in [0.717, 1.165) is 37.4 Å². The zero-order valence-corrected chi connectivity index (χ0v) is 19.5. The fourth-order valence-electron chi connectivity index (χ4n) is 2.87. The first-order valence-electron chi connectivity index (χ1n) is 8.83. The van der Waals surface area contributed by atoms with Gasteiger partial charge in [-0.3, -0.25) is 9.10 Å². The molecule has 0 saturated carbocycles. The Labute approximate surface area is 180 Å². The van der Waals surface area contributed by atoms with Crippen LogP contribution in [0, 0.1) is 13.8 Å². The standard InChI is InChI=1S/C20H25BrN4O3S/c1-14-7-6-8-15(2)20(14)25(29(5,27)28)13-19(26)23-22-12-16-9-10-18(24(3)4)17(21)11-16/h6-12H,13H2,1-5H3,(H,23,26)/b22-12-. The molecule has 0 spiro atoms. The van der Waals surface area contributed by atoms with Gasteiger partial charge in [0.2, 0.25) is 10.0 Å². The Morgan fingerprint density at radius 1 is 1.17 bits per heavy atom. The maximum Gasteiger partial charge on any atom is 0.260 e. The maximum atomic E-state index is 12.3. The lowest BCUT2D eigenvalue weighted by Gasteiger charge is -2.25. The lowest BCUT2D eigenvalue weighted by Crippen LogP contribution is -2.39. The van der Waals surface area contributed by atoms with Crippen LogP contribution in [0.3, 0.4) is 0 Å². The number of halogens is 1. The number of hydrazone groups is 1. The van der Waals surface area contributed by atoms with Gasteiger partial charge >= 0.3 is 0 Å². The fourth-order valence-corrected chi connectivity index (χ4v) is 4.59. The summed E-state index contributed by atoms with van der Waals surface area (Å²) < 4.78 is 26.6. The van der Waals surface area contributed by atoms with E-state index < -0.39 is 15.9 Å². The van der Waals surface area contributed by atoms with Gasteiger partial charge in [0.05, 0.1) is 23.8 Å². The first-order chi connectivity index (χ1) is 13.5. The van der Waals surface area contributed by atoms with Gasteiger partial charge in [0, 0.05) is 18.6 Å². The Morgan fingerprint density at radius 2 is 1.79 bits per heavy atom. The highest BCUT2D eigenvalue weighted by Crippen LogP contribution is 2.27. The van der Waals surface area contributed by atoms with Gasteiger partial charge in [0.1, 0.15) is 6.54 Å². The number of para-hydroxylation sites is 1. The molecule has 0 aliphatic carbocycles. The van der Waals surface area contributed by atoms with Gasteiger partial charge in [0.15, 0.2) is 0 Å². The number of carbonyl (C=O) groups excluding carboxylic acids is 1. The van der Waals surface area contributed by atoms with E-state index in [4.69, 9.17) is 0 Å². The second kappa shape index (κ2) is 9.41. The number of nitrogens with one attached hydrogen (secondary N) is 1. The van der Waals surface area contributed by atoms with Crippen molar-refractivity contribution in [2.75, 3.05) is 36.1 Å². The Hall–Kier alpha value is -2.39. The Kier molecular flexibility index (Phi) is 7.43. The largest absolute Gasteiger partial charge is 0.377 e. The van der Waals surface area contributed by atoms with Crippen molar-refractivity contribution in [2.24, 2.45) is 5.10 Å². The molecular formula is C20H25BrN4O3S. The number of amides is 1. The van der Waals surface area contributed by atoms with E-state index in [-0.39, 0.29) is 6.54 Å². The van der Waals surface area contributed by atoms with Crippen LogP contribution in [0.25, 0.3) is 0 Å². The molecule has 0 saturated heterocycles. The maximum absolute atomic E-state index is 12.3. The first kappa shape index (κ1) is 22.9. The highest BCUT2D eigenvalue weighted by atomic mass is 79.9. The number of benzene rings is 2. The molecule has 0 unspecified atom stereocenters. The molecule has 0 fully saturated rings. The topological polar surface area (TPSA) is 82.1 Å². The Morgan fingerprint density at radius 3 is 2.31 bits per heavy atom. The second-order valence-electron chi connectivity index (χ2n) is 6.91. The van der Waals surface area contributed by atoms with Gasteiger partial charge in [-0.15, -0.1) is 0 Å². The number of anilines is 2. The molecule has 0 atom stereocenters. The van der Waals surface area contributed by atoms with Gasteiger partial charge in [0.25, 0.3) is 5.91 Å². The number of hydrogen-bond acceptors (Lipinski definition) is 5. The average Bonchev–Trinajstić information content (AvgIpc) is 2.59. The van der Waals surface area contributed by atoms with Crippen LogP contribution in [-0.4, -0.2) is 47.4 Å². The lowest BCUT2D eigenvalue weighted by molar-refractivity contribution is -0.119. The van der Waals surface area contributed by atoms with E-state index in [1.165, 1.54) is 6.21 Å². The summed E-state index contributed by atoms with van der Waals surface area (Å²) in [5.41, 5.74) is 6.27. The monoisotopic (exact) mass is 480 g/mol. The van der Waals surface area contributed by atoms with Crippen LogP contribution in [0.5, 0.6) is 0 Å². The van der Waals surface area contributed by atoms with Crippen molar-refractivity contribution in [2.45, 2.75) is 13.8 Å². The molecule has 29 heavy (non-hydrogen) atoms. The summed E-state index contributed by atoms with van der Waals surface area (Å²) in [6.45, 7) is 3.27. The Bertz CT molecular complexity index is 1020. The van der Waals surface area contributed by atoms with Crippen LogP contribution in [0.4, 0.5) is 11.4 Å². The van der Waals surface area contributed by atoms with Crippen molar-refractivity contribution in [3.05, 3.63) is 57.6 Å². The van der Waals surface area contributed by atoms with Crippen LogP contribution >= 0.6 is 15.9 Å². The van der Waals surface area contributed by atoms with E-state index in [1.54, 1.807) is 0 Å². The molecule has 0 bridgehead atoms. The van der Waals surface area contributed by atoms with Crippen molar-refractivity contribution in [3.63, 3.8) is 0 Å². The van der Waals surface area contributed by atoms with Crippen molar-refractivity contribution >= 4 is 49.4 Å². The molecule has 0 aliphatic heterocycles.